The van der Waals surface area contributed by atoms with Gasteiger partial charge in [0.1, 0.15) is 17.9 Å². The van der Waals surface area contributed by atoms with E-state index in [1.807, 2.05) is 32.0 Å². The van der Waals surface area contributed by atoms with Gasteiger partial charge < -0.3 is 24.3 Å². The highest BCUT2D eigenvalue weighted by Gasteiger charge is 2.18. The van der Waals surface area contributed by atoms with Crippen molar-refractivity contribution in [1.29, 1.82) is 0 Å². The Balaban J connectivity index is 1.77. The second-order valence-corrected chi connectivity index (χ2v) is 6.08. The van der Waals surface area contributed by atoms with Gasteiger partial charge in [0, 0.05) is 0 Å². The lowest BCUT2D eigenvalue weighted by molar-refractivity contribution is -0.124. The zero-order valence-corrected chi connectivity index (χ0v) is 16.5. The van der Waals surface area contributed by atoms with Crippen LogP contribution in [0.2, 0.25) is 0 Å². The Hall–Kier alpha value is -3.22. The third-order valence-electron chi connectivity index (χ3n) is 3.97. The molecule has 7 nitrogen and oxygen atoms in total. The zero-order chi connectivity index (χ0) is 20.5. The first-order valence-electron chi connectivity index (χ1n) is 8.81. The quantitative estimate of drug-likeness (QED) is 0.526. The first-order valence-corrected chi connectivity index (χ1v) is 8.81. The molecule has 0 unspecified atom stereocenters. The highest BCUT2D eigenvalue weighted by molar-refractivity contribution is 5.94. The van der Waals surface area contributed by atoms with Crippen molar-refractivity contribution in [2.45, 2.75) is 13.8 Å². The summed E-state index contributed by atoms with van der Waals surface area (Å²) < 4.78 is 21.0. The molecule has 0 radical (unpaired) electrons. The number of methoxy groups -OCH3 is 2. The van der Waals surface area contributed by atoms with Gasteiger partial charge in [0.2, 0.25) is 0 Å². The Kier molecular flexibility index (Phi) is 7.68. The van der Waals surface area contributed by atoms with Crippen LogP contribution in [0.5, 0.6) is 17.2 Å². The molecule has 0 saturated heterocycles. The summed E-state index contributed by atoms with van der Waals surface area (Å²) in [5, 5.41) is 2.64. The predicted molar refractivity (Wildman–Crippen MR) is 104 cm³/mol. The van der Waals surface area contributed by atoms with Crippen LogP contribution in [-0.2, 0) is 9.53 Å². The Morgan fingerprint density at radius 3 is 2.46 bits per heavy atom. The Bertz CT molecular complexity index is 834. The molecule has 2 rings (SSSR count). The van der Waals surface area contributed by atoms with Gasteiger partial charge in [-0.15, -0.1) is 0 Å². The number of aryl methyl sites for hydroxylation is 2. The topological polar surface area (TPSA) is 83.1 Å². The molecule has 1 N–H and O–H groups in total. The normalized spacial score (nSPS) is 10.1. The average Bonchev–Trinajstić information content (AvgIpc) is 2.69. The fourth-order valence-electron chi connectivity index (χ4n) is 2.62. The van der Waals surface area contributed by atoms with Gasteiger partial charge in [0.05, 0.1) is 20.8 Å². The molecule has 0 atom stereocenters. The molecule has 28 heavy (non-hydrogen) atoms. The van der Waals surface area contributed by atoms with E-state index in [1.165, 1.54) is 14.2 Å². The standard InChI is InChI=1S/C21H25NO6/c1-14-8-9-17(15(2)12-14)27-11-10-22-19(23)13-28-21(24)16-6-5-7-18(25-3)20(16)26-4/h5-9,12H,10-11,13H2,1-4H3,(H,22,23). The number of carbonyl (C=O) groups excluding carboxylic acids is 2. The fourth-order valence-corrected chi connectivity index (χ4v) is 2.62. The molecule has 0 aliphatic rings. The van der Waals surface area contributed by atoms with Crippen molar-refractivity contribution in [3.63, 3.8) is 0 Å². The number of hydrogen-bond donors (Lipinski definition) is 1. The summed E-state index contributed by atoms with van der Waals surface area (Å²) in [5.74, 6) is 0.357. The minimum absolute atomic E-state index is 0.188. The van der Waals surface area contributed by atoms with Crippen molar-refractivity contribution in [3.8, 4) is 17.2 Å². The molecule has 2 aromatic rings. The van der Waals surface area contributed by atoms with E-state index in [-0.39, 0.29) is 11.3 Å². The first kappa shape index (κ1) is 21.1. The van der Waals surface area contributed by atoms with Crippen LogP contribution < -0.4 is 19.5 Å². The maximum Gasteiger partial charge on any atom is 0.342 e. The number of para-hydroxylation sites is 1. The van der Waals surface area contributed by atoms with E-state index in [0.717, 1.165) is 16.9 Å². The van der Waals surface area contributed by atoms with E-state index >= 15 is 0 Å². The third-order valence-corrected chi connectivity index (χ3v) is 3.97. The summed E-state index contributed by atoms with van der Waals surface area (Å²) in [4.78, 5) is 24.1. The summed E-state index contributed by atoms with van der Waals surface area (Å²) in [5.41, 5.74) is 2.38. The third kappa shape index (κ3) is 5.64. The number of hydrogen-bond acceptors (Lipinski definition) is 6. The largest absolute Gasteiger partial charge is 0.493 e. The van der Waals surface area contributed by atoms with Crippen molar-refractivity contribution in [2.24, 2.45) is 0 Å². The monoisotopic (exact) mass is 387 g/mol. The van der Waals surface area contributed by atoms with Crippen LogP contribution in [0.15, 0.2) is 36.4 Å². The van der Waals surface area contributed by atoms with Gasteiger partial charge in [-0.1, -0.05) is 23.8 Å². The van der Waals surface area contributed by atoms with Crippen molar-refractivity contribution < 1.29 is 28.5 Å². The van der Waals surface area contributed by atoms with E-state index in [1.54, 1.807) is 18.2 Å². The van der Waals surface area contributed by atoms with Gasteiger partial charge in [-0.3, -0.25) is 4.79 Å². The van der Waals surface area contributed by atoms with Crippen molar-refractivity contribution in [3.05, 3.63) is 53.1 Å². The summed E-state index contributed by atoms with van der Waals surface area (Å²) in [6.07, 6.45) is 0. The van der Waals surface area contributed by atoms with Gasteiger partial charge >= 0.3 is 5.97 Å². The number of carbonyl (C=O) groups is 2. The predicted octanol–water partition coefficient (Wildman–Crippen LogP) is 2.67. The number of ether oxygens (including phenoxy) is 4. The number of nitrogens with one attached hydrogen (secondary N) is 1. The molecule has 0 spiro atoms. The maximum atomic E-state index is 12.2. The van der Waals surface area contributed by atoms with Crippen molar-refractivity contribution in [1.82, 2.24) is 5.32 Å². The lowest BCUT2D eigenvalue weighted by Gasteiger charge is -2.12. The molecule has 0 fully saturated rings. The lowest BCUT2D eigenvalue weighted by atomic mass is 10.1. The van der Waals surface area contributed by atoms with Crippen LogP contribution >= 0.6 is 0 Å². The van der Waals surface area contributed by atoms with Crippen LogP contribution in [0.3, 0.4) is 0 Å². The van der Waals surface area contributed by atoms with Crippen LogP contribution in [0.4, 0.5) is 0 Å². The second-order valence-electron chi connectivity index (χ2n) is 6.08. The fraction of sp³-hybridized carbons (Fsp3) is 0.333. The molecule has 1 amide bonds. The van der Waals surface area contributed by atoms with Gasteiger partial charge in [-0.05, 0) is 37.6 Å². The van der Waals surface area contributed by atoms with E-state index in [0.29, 0.717) is 18.9 Å². The summed E-state index contributed by atoms with van der Waals surface area (Å²) in [6, 6.07) is 10.7. The van der Waals surface area contributed by atoms with E-state index in [4.69, 9.17) is 18.9 Å². The molecular formula is C21H25NO6. The van der Waals surface area contributed by atoms with Gasteiger partial charge in [-0.2, -0.15) is 0 Å². The summed E-state index contributed by atoms with van der Waals surface area (Å²) in [7, 11) is 2.90. The summed E-state index contributed by atoms with van der Waals surface area (Å²) in [6.45, 7) is 4.19. The van der Waals surface area contributed by atoms with Crippen LogP contribution in [-0.4, -0.2) is 45.9 Å². The molecule has 0 aliphatic carbocycles. The molecule has 0 aromatic heterocycles. The van der Waals surface area contributed by atoms with E-state index < -0.39 is 18.5 Å². The zero-order valence-electron chi connectivity index (χ0n) is 16.5. The molecule has 7 heteroatoms. The van der Waals surface area contributed by atoms with Gasteiger partial charge in [0.25, 0.3) is 5.91 Å². The van der Waals surface area contributed by atoms with Crippen LogP contribution in [0.1, 0.15) is 21.5 Å². The second kappa shape index (κ2) is 10.2. The molecule has 0 saturated carbocycles. The Labute approximate surface area is 164 Å². The Morgan fingerprint density at radius 1 is 1.00 bits per heavy atom. The van der Waals surface area contributed by atoms with Crippen LogP contribution in [0.25, 0.3) is 0 Å². The Morgan fingerprint density at radius 2 is 1.79 bits per heavy atom. The molecular weight excluding hydrogens is 362 g/mol. The SMILES string of the molecule is COc1cccc(C(=O)OCC(=O)NCCOc2ccc(C)cc2C)c1OC. The molecule has 0 heterocycles. The van der Waals surface area contributed by atoms with E-state index in [2.05, 4.69) is 5.32 Å². The highest BCUT2D eigenvalue weighted by Crippen LogP contribution is 2.31. The molecule has 0 bridgehead atoms. The lowest BCUT2D eigenvalue weighted by Crippen LogP contribution is -2.32. The number of esters is 1. The van der Waals surface area contributed by atoms with Crippen LogP contribution in [0, 0.1) is 13.8 Å². The minimum atomic E-state index is -0.669. The maximum absolute atomic E-state index is 12.2. The van der Waals surface area contributed by atoms with Gasteiger partial charge in [-0.25, -0.2) is 4.79 Å². The number of benzene rings is 2. The smallest absolute Gasteiger partial charge is 0.342 e. The molecule has 0 aliphatic heterocycles. The van der Waals surface area contributed by atoms with E-state index in [9.17, 15) is 9.59 Å². The average molecular weight is 387 g/mol. The highest BCUT2D eigenvalue weighted by atomic mass is 16.5. The molecule has 150 valence electrons. The molecule has 2 aromatic carbocycles. The van der Waals surface area contributed by atoms with Crippen molar-refractivity contribution in [2.75, 3.05) is 34.0 Å². The first-order chi connectivity index (χ1) is 13.5. The number of amides is 1. The van der Waals surface area contributed by atoms with Crippen molar-refractivity contribution >= 4 is 11.9 Å². The summed E-state index contributed by atoms with van der Waals surface area (Å²) >= 11 is 0. The number of rotatable bonds is 9. The van der Waals surface area contributed by atoms with Gasteiger partial charge in [0.15, 0.2) is 18.1 Å². The minimum Gasteiger partial charge on any atom is -0.493 e.